The van der Waals surface area contributed by atoms with Crippen molar-refractivity contribution < 1.29 is 14.7 Å². The van der Waals surface area contributed by atoms with E-state index in [0.29, 0.717) is 18.7 Å². The second-order valence-electron chi connectivity index (χ2n) is 5.35. The quantitative estimate of drug-likeness (QED) is 0.852. The first-order valence-electron chi connectivity index (χ1n) is 6.44. The van der Waals surface area contributed by atoms with Crippen LogP contribution >= 0.6 is 0 Å². The predicted octanol–water partition coefficient (Wildman–Crippen LogP) is 0.791. The minimum absolute atomic E-state index is 0.230. The van der Waals surface area contributed by atoms with E-state index in [0.717, 1.165) is 5.69 Å². The number of aryl methyl sites for hydroxylation is 1. The van der Waals surface area contributed by atoms with Gasteiger partial charge in [0.2, 0.25) is 0 Å². The third kappa shape index (κ3) is 3.04. The highest BCUT2D eigenvalue weighted by atomic mass is 16.4. The molecule has 7 heteroatoms. The van der Waals surface area contributed by atoms with Crippen molar-refractivity contribution >= 4 is 12.0 Å². The molecular formula is C13H18N4O3. The number of urea groups is 1. The summed E-state index contributed by atoms with van der Waals surface area (Å²) in [5.41, 5.74) is 0.641. The molecule has 7 nitrogen and oxygen atoms in total. The molecule has 1 atom stereocenters. The zero-order chi connectivity index (χ0) is 14.8. The summed E-state index contributed by atoms with van der Waals surface area (Å²) in [6.07, 6.45) is 3.72. The smallest absolute Gasteiger partial charge is 0.317 e. The molecule has 20 heavy (non-hydrogen) atoms. The van der Waals surface area contributed by atoms with Crippen LogP contribution in [0.5, 0.6) is 0 Å². The minimum atomic E-state index is -0.864. The number of nitrogens with one attached hydrogen (secondary N) is 1. The number of carbonyl (C=O) groups is 2. The highest BCUT2D eigenvalue weighted by molar-refractivity contribution is 5.79. The van der Waals surface area contributed by atoms with Crippen molar-refractivity contribution in [2.45, 2.75) is 26.8 Å². The van der Waals surface area contributed by atoms with Gasteiger partial charge in [-0.2, -0.15) is 0 Å². The maximum atomic E-state index is 12.0. The Balaban J connectivity index is 1.87. The van der Waals surface area contributed by atoms with Crippen LogP contribution in [0.25, 0.3) is 0 Å². The molecule has 0 saturated carbocycles. The monoisotopic (exact) mass is 278 g/mol. The van der Waals surface area contributed by atoms with Crippen molar-refractivity contribution in [1.29, 1.82) is 0 Å². The first-order chi connectivity index (χ1) is 9.40. The average Bonchev–Trinajstić information content (AvgIpc) is 2.82. The fourth-order valence-electron chi connectivity index (χ4n) is 2.10. The molecule has 1 fully saturated rings. The van der Waals surface area contributed by atoms with E-state index in [2.05, 4.69) is 15.3 Å². The Morgan fingerprint density at radius 1 is 1.45 bits per heavy atom. The molecule has 2 rings (SSSR count). The van der Waals surface area contributed by atoms with E-state index in [-0.39, 0.29) is 19.1 Å². The van der Waals surface area contributed by atoms with Crippen LogP contribution in [0.4, 0.5) is 4.79 Å². The summed E-state index contributed by atoms with van der Waals surface area (Å²) in [4.78, 5) is 32.9. The Labute approximate surface area is 117 Å². The summed E-state index contributed by atoms with van der Waals surface area (Å²) in [5, 5.41) is 11.9. The maximum absolute atomic E-state index is 12.0. The lowest BCUT2D eigenvalue weighted by Crippen LogP contribution is -2.40. The number of hydrogen-bond donors (Lipinski definition) is 2. The molecule has 0 radical (unpaired) electrons. The minimum Gasteiger partial charge on any atom is -0.481 e. The van der Waals surface area contributed by atoms with Gasteiger partial charge >= 0.3 is 12.0 Å². The van der Waals surface area contributed by atoms with Crippen LogP contribution in [0.3, 0.4) is 0 Å². The van der Waals surface area contributed by atoms with Crippen LogP contribution in [-0.4, -0.2) is 45.1 Å². The van der Waals surface area contributed by atoms with Gasteiger partial charge in [0, 0.05) is 19.3 Å². The van der Waals surface area contributed by atoms with E-state index < -0.39 is 11.4 Å². The van der Waals surface area contributed by atoms with Gasteiger partial charge in [-0.05, 0) is 20.3 Å². The van der Waals surface area contributed by atoms with Gasteiger partial charge in [-0.25, -0.2) is 4.79 Å². The molecule has 0 aliphatic carbocycles. The molecule has 2 heterocycles. The Kier molecular flexibility index (Phi) is 3.87. The highest BCUT2D eigenvalue weighted by Crippen LogP contribution is 2.29. The molecule has 1 aliphatic heterocycles. The molecule has 0 spiro atoms. The van der Waals surface area contributed by atoms with Crippen LogP contribution in [-0.2, 0) is 11.3 Å². The number of amides is 2. The molecule has 1 aromatic heterocycles. The fraction of sp³-hybridized carbons (Fsp3) is 0.538. The SMILES string of the molecule is Cc1cnc(CNC(=O)N2CCC(C)(C(=O)O)C2)cn1. The third-order valence-corrected chi connectivity index (χ3v) is 3.53. The number of hydrogen-bond acceptors (Lipinski definition) is 4. The highest BCUT2D eigenvalue weighted by Gasteiger charge is 2.42. The van der Waals surface area contributed by atoms with E-state index in [1.54, 1.807) is 19.3 Å². The van der Waals surface area contributed by atoms with Crippen molar-refractivity contribution in [3.05, 3.63) is 23.8 Å². The van der Waals surface area contributed by atoms with Crippen molar-refractivity contribution in [2.75, 3.05) is 13.1 Å². The second-order valence-corrected chi connectivity index (χ2v) is 5.35. The number of aliphatic carboxylic acids is 1. The summed E-state index contributed by atoms with van der Waals surface area (Å²) in [6.45, 7) is 4.47. The summed E-state index contributed by atoms with van der Waals surface area (Å²) >= 11 is 0. The lowest BCUT2D eigenvalue weighted by Gasteiger charge is -2.20. The Hall–Kier alpha value is -2.18. The molecule has 1 aromatic rings. The summed E-state index contributed by atoms with van der Waals surface area (Å²) in [7, 11) is 0. The van der Waals surface area contributed by atoms with Crippen molar-refractivity contribution in [1.82, 2.24) is 20.2 Å². The Morgan fingerprint density at radius 3 is 2.75 bits per heavy atom. The molecule has 0 bridgehead atoms. The van der Waals surface area contributed by atoms with Gasteiger partial charge in [0.25, 0.3) is 0 Å². The number of carboxylic acids is 1. The van der Waals surface area contributed by atoms with Gasteiger partial charge < -0.3 is 15.3 Å². The molecule has 1 saturated heterocycles. The molecule has 2 N–H and O–H groups in total. The Bertz CT molecular complexity index is 517. The van der Waals surface area contributed by atoms with E-state index in [9.17, 15) is 9.59 Å². The predicted molar refractivity (Wildman–Crippen MR) is 70.9 cm³/mol. The number of nitrogens with zero attached hydrogens (tertiary/aromatic N) is 3. The van der Waals surface area contributed by atoms with E-state index in [1.165, 1.54) is 4.90 Å². The molecule has 1 unspecified atom stereocenters. The number of aromatic nitrogens is 2. The van der Waals surface area contributed by atoms with E-state index >= 15 is 0 Å². The lowest BCUT2D eigenvalue weighted by atomic mass is 9.90. The Morgan fingerprint density at radius 2 is 2.20 bits per heavy atom. The second kappa shape index (κ2) is 5.44. The number of carboxylic acid groups (broad SMARTS) is 1. The van der Waals surface area contributed by atoms with Crippen LogP contribution in [0.1, 0.15) is 24.7 Å². The summed E-state index contributed by atoms with van der Waals surface area (Å²) < 4.78 is 0. The van der Waals surface area contributed by atoms with Crippen LogP contribution < -0.4 is 5.32 Å². The van der Waals surface area contributed by atoms with Gasteiger partial charge in [0.1, 0.15) is 0 Å². The van der Waals surface area contributed by atoms with Gasteiger partial charge in [-0.3, -0.25) is 14.8 Å². The molecule has 2 amide bonds. The third-order valence-electron chi connectivity index (χ3n) is 3.53. The normalized spacial score (nSPS) is 21.8. The zero-order valence-electron chi connectivity index (χ0n) is 11.6. The van der Waals surface area contributed by atoms with Crippen LogP contribution in [0.15, 0.2) is 12.4 Å². The molecular weight excluding hydrogens is 260 g/mol. The van der Waals surface area contributed by atoms with Crippen molar-refractivity contribution in [3.8, 4) is 0 Å². The zero-order valence-corrected chi connectivity index (χ0v) is 11.6. The van der Waals surface area contributed by atoms with Gasteiger partial charge in [-0.1, -0.05) is 0 Å². The van der Waals surface area contributed by atoms with Crippen LogP contribution in [0.2, 0.25) is 0 Å². The number of rotatable bonds is 3. The summed E-state index contributed by atoms with van der Waals surface area (Å²) in [6, 6.07) is -0.266. The number of carbonyl (C=O) groups excluding carboxylic acids is 1. The lowest BCUT2D eigenvalue weighted by molar-refractivity contribution is -0.146. The standard InChI is InChI=1S/C13H18N4O3/c1-9-5-15-10(6-14-9)7-16-12(20)17-4-3-13(2,8-17)11(18)19/h5-6H,3-4,7-8H2,1-2H3,(H,16,20)(H,18,19). The largest absolute Gasteiger partial charge is 0.481 e. The topological polar surface area (TPSA) is 95.4 Å². The first-order valence-corrected chi connectivity index (χ1v) is 6.44. The van der Waals surface area contributed by atoms with E-state index in [1.807, 2.05) is 6.92 Å². The van der Waals surface area contributed by atoms with E-state index in [4.69, 9.17) is 5.11 Å². The van der Waals surface area contributed by atoms with Crippen molar-refractivity contribution in [3.63, 3.8) is 0 Å². The van der Waals surface area contributed by atoms with Crippen molar-refractivity contribution in [2.24, 2.45) is 5.41 Å². The fourth-order valence-corrected chi connectivity index (χ4v) is 2.10. The van der Waals surface area contributed by atoms with Gasteiger partial charge in [-0.15, -0.1) is 0 Å². The number of likely N-dealkylation sites (tertiary alicyclic amines) is 1. The first kappa shape index (κ1) is 14.2. The van der Waals surface area contributed by atoms with Gasteiger partial charge in [0.05, 0.1) is 29.5 Å². The maximum Gasteiger partial charge on any atom is 0.317 e. The molecule has 108 valence electrons. The van der Waals surface area contributed by atoms with Crippen LogP contribution in [0, 0.1) is 12.3 Å². The molecule has 1 aliphatic rings. The average molecular weight is 278 g/mol. The van der Waals surface area contributed by atoms with Gasteiger partial charge in [0.15, 0.2) is 0 Å². The molecule has 0 aromatic carbocycles. The summed E-state index contributed by atoms with van der Waals surface area (Å²) in [5.74, 6) is -0.864.